The molecule has 0 fully saturated rings. The zero-order valence-corrected chi connectivity index (χ0v) is 9.97. The second-order valence-electron chi connectivity index (χ2n) is 4.29. The molecule has 0 aliphatic rings. The Morgan fingerprint density at radius 1 is 1.43 bits per heavy atom. The Morgan fingerprint density at radius 3 is 2.50 bits per heavy atom. The molecule has 0 bridgehead atoms. The van der Waals surface area contributed by atoms with Gasteiger partial charge in [-0.1, -0.05) is 6.92 Å². The fraction of sp³-hybridized carbons (Fsp3) is 1.00. The van der Waals surface area contributed by atoms with E-state index in [2.05, 4.69) is 26.1 Å². The summed E-state index contributed by atoms with van der Waals surface area (Å²) in [6.45, 7) is 7.51. The predicted molar refractivity (Wildman–Crippen MR) is 59.5 cm³/mol. The summed E-state index contributed by atoms with van der Waals surface area (Å²) in [7, 11) is 1.74. The maximum atomic E-state index is 8.81. The van der Waals surface area contributed by atoms with Gasteiger partial charge >= 0.3 is 0 Å². The Morgan fingerprint density at radius 2 is 2.07 bits per heavy atom. The van der Waals surface area contributed by atoms with E-state index in [9.17, 15) is 0 Å². The van der Waals surface area contributed by atoms with Crippen LogP contribution in [0.2, 0.25) is 0 Å². The van der Waals surface area contributed by atoms with Crippen LogP contribution in [0.3, 0.4) is 0 Å². The summed E-state index contributed by atoms with van der Waals surface area (Å²) in [6, 6.07) is 0.438. The summed E-state index contributed by atoms with van der Waals surface area (Å²) in [5.74, 6) is 0. The van der Waals surface area contributed by atoms with Crippen molar-refractivity contribution in [2.75, 3.05) is 20.3 Å². The highest BCUT2D eigenvalue weighted by Crippen LogP contribution is 2.11. The van der Waals surface area contributed by atoms with E-state index in [1.807, 2.05) is 0 Å². The lowest BCUT2D eigenvalue weighted by Crippen LogP contribution is -2.35. The van der Waals surface area contributed by atoms with Crippen molar-refractivity contribution in [2.24, 2.45) is 0 Å². The molecule has 0 aromatic rings. The quantitative estimate of drug-likeness (QED) is 0.629. The number of aliphatic hydroxyl groups excluding tert-OH is 1. The van der Waals surface area contributed by atoms with Crippen LogP contribution in [0, 0.1) is 0 Å². The highest BCUT2D eigenvalue weighted by Gasteiger charge is 2.16. The van der Waals surface area contributed by atoms with Crippen LogP contribution in [0.1, 0.15) is 40.0 Å². The Balaban J connectivity index is 3.60. The fourth-order valence-electron chi connectivity index (χ4n) is 1.29. The van der Waals surface area contributed by atoms with Crippen molar-refractivity contribution in [1.82, 2.24) is 5.32 Å². The lowest BCUT2D eigenvalue weighted by molar-refractivity contribution is 0.0152. The molecule has 0 aromatic carbocycles. The molecule has 0 saturated heterocycles. The first-order chi connectivity index (χ1) is 6.55. The van der Waals surface area contributed by atoms with Crippen molar-refractivity contribution in [3.63, 3.8) is 0 Å². The molecular formula is C11H25NO2. The van der Waals surface area contributed by atoms with Gasteiger partial charge in [0.05, 0.1) is 5.60 Å². The number of ether oxygens (including phenoxy) is 1. The van der Waals surface area contributed by atoms with E-state index < -0.39 is 0 Å². The van der Waals surface area contributed by atoms with Crippen molar-refractivity contribution in [3.8, 4) is 0 Å². The summed E-state index contributed by atoms with van der Waals surface area (Å²) < 4.78 is 5.32. The largest absolute Gasteiger partial charge is 0.396 e. The number of nitrogens with one attached hydrogen (secondary N) is 1. The maximum absolute atomic E-state index is 8.81. The van der Waals surface area contributed by atoms with Gasteiger partial charge in [0.25, 0.3) is 0 Å². The smallest absolute Gasteiger partial charge is 0.0634 e. The lowest BCUT2D eigenvalue weighted by Gasteiger charge is -2.24. The molecule has 0 heterocycles. The number of aliphatic hydroxyl groups is 1. The van der Waals surface area contributed by atoms with Crippen LogP contribution in [0.15, 0.2) is 0 Å². The van der Waals surface area contributed by atoms with E-state index >= 15 is 0 Å². The first kappa shape index (κ1) is 13.9. The summed E-state index contributed by atoms with van der Waals surface area (Å²) in [4.78, 5) is 0. The number of hydrogen-bond donors (Lipinski definition) is 2. The molecule has 0 spiro atoms. The third-order valence-corrected chi connectivity index (χ3v) is 2.68. The highest BCUT2D eigenvalue weighted by molar-refractivity contribution is 4.71. The minimum absolute atomic E-state index is 0.0511. The SMILES string of the molecule is CCC(CCO)NCCC(C)(C)OC. The van der Waals surface area contributed by atoms with Crippen LogP contribution in [0.25, 0.3) is 0 Å². The van der Waals surface area contributed by atoms with Crippen LogP contribution < -0.4 is 5.32 Å². The molecule has 2 N–H and O–H groups in total. The second-order valence-corrected chi connectivity index (χ2v) is 4.29. The summed E-state index contributed by atoms with van der Waals surface area (Å²) in [5, 5.41) is 12.2. The molecular weight excluding hydrogens is 178 g/mol. The molecule has 0 radical (unpaired) electrons. The molecule has 3 heteroatoms. The van der Waals surface area contributed by atoms with Crippen molar-refractivity contribution in [1.29, 1.82) is 0 Å². The van der Waals surface area contributed by atoms with E-state index in [0.717, 1.165) is 25.8 Å². The van der Waals surface area contributed by atoms with Crippen LogP contribution in [0.5, 0.6) is 0 Å². The highest BCUT2D eigenvalue weighted by atomic mass is 16.5. The predicted octanol–water partition coefficient (Wildman–Crippen LogP) is 1.55. The molecule has 0 aliphatic heterocycles. The summed E-state index contributed by atoms with van der Waals surface area (Å²) in [6.07, 6.45) is 2.89. The number of methoxy groups -OCH3 is 1. The zero-order valence-electron chi connectivity index (χ0n) is 9.97. The van der Waals surface area contributed by atoms with Crippen molar-refractivity contribution < 1.29 is 9.84 Å². The van der Waals surface area contributed by atoms with E-state index in [-0.39, 0.29) is 12.2 Å². The monoisotopic (exact) mass is 203 g/mol. The van der Waals surface area contributed by atoms with Gasteiger partial charge in [0, 0.05) is 19.8 Å². The van der Waals surface area contributed by atoms with E-state index in [1.54, 1.807) is 7.11 Å². The van der Waals surface area contributed by atoms with Gasteiger partial charge in [0.15, 0.2) is 0 Å². The topological polar surface area (TPSA) is 41.5 Å². The van der Waals surface area contributed by atoms with Crippen LogP contribution in [-0.4, -0.2) is 37.0 Å². The number of rotatable bonds is 8. The normalized spacial score (nSPS) is 14.4. The Bertz CT molecular complexity index is 137. The van der Waals surface area contributed by atoms with Gasteiger partial charge in [0.1, 0.15) is 0 Å². The Kier molecular flexibility index (Phi) is 7.15. The van der Waals surface area contributed by atoms with Gasteiger partial charge in [-0.05, 0) is 39.7 Å². The van der Waals surface area contributed by atoms with Crippen LogP contribution >= 0.6 is 0 Å². The molecule has 1 unspecified atom stereocenters. The average molecular weight is 203 g/mol. The fourth-order valence-corrected chi connectivity index (χ4v) is 1.29. The van der Waals surface area contributed by atoms with E-state index in [1.165, 1.54) is 0 Å². The molecule has 0 aromatic heterocycles. The number of hydrogen-bond acceptors (Lipinski definition) is 3. The Hall–Kier alpha value is -0.120. The summed E-state index contributed by atoms with van der Waals surface area (Å²) >= 11 is 0. The molecule has 0 amide bonds. The standard InChI is InChI=1S/C11H25NO2/c1-5-10(6-9-13)12-8-7-11(2,3)14-4/h10,12-13H,5-9H2,1-4H3. The summed E-state index contributed by atoms with van der Waals surface area (Å²) in [5.41, 5.74) is -0.0511. The van der Waals surface area contributed by atoms with E-state index in [4.69, 9.17) is 9.84 Å². The average Bonchev–Trinajstić information content (AvgIpc) is 2.16. The molecule has 86 valence electrons. The molecule has 0 aliphatic carbocycles. The van der Waals surface area contributed by atoms with Gasteiger partial charge < -0.3 is 15.2 Å². The van der Waals surface area contributed by atoms with Gasteiger partial charge in [0.2, 0.25) is 0 Å². The molecule has 14 heavy (non-hydrogen) atoms. The van der Waals surface area contributed by atoms with Crippen molar-refractivity contribution in [2.45, 2.75) is 51.7 Å². The van der Waals surface area contributed by atoms with E-state index in [0.29, 0.717) is 6.04 Å². The van der Waals surface area contributed by atoms with Gasteiger partial charge in [-0.3, -0.25) is 0 Å². The Labute approximate surface area is 87.8 Å². The second kappa shape index (κ2) is 7.21. The molecule has 0 rings (SSSR count). The maximum Gasteiger partial charge on any atom is 0.0634 e. The van der Waals surface area contributed by atoms with Crippen molar-refractivity contribution in [3.05, 3.63) is 0 Å². The zero-order chi connectivity index (χ0) is 11.0. The van der Waals surface area contributed by atoms with Crippen molar-refractivity contribution >= 4 is 0 Å². The minimum atomic E-state index is -0.0511. The molecule has 1 atom stereocenters. The van der Waals surface area contributed by atoms with Crippen LogP contribution in [0.4, 0.5) is 0 Å². The first-order valence-corrected chi connectivity index (χ1v) is 5.45. The van der Waals surface area contributed by atoms with Crippen LogP contribution in [-0.2, 0) is 4.74 Å². The van der Waals surface area contributed by atoms with Gasteiger partial charge in [-0.2, -0.15) is 0 Å². The van der Waals surface area contributed by atoms with Gasteiger partial charge in [-0.25, -0.2) is 0 Å². The third kappa shape index (κ3) is 6.35. The first-order valence-electron chi connectivity index (χ1n) is 5.45. The molecule has 0 saturated carbocycles. The molecule has 3 nitrogen and oxygen atoms in total. The third-order valence-electron chi connectivity index (χ3n) is 2.68. The lowest BCUT2D eigenvalue weighted by atomic mass is 10.0. The van der Waals surface area contributed by atoms with Gasteiger partial charge in [-0.15, -0.1) is 0 Å². The minimum Gasteiger partial charge on any atom is -0.396 e.